The largest absolute Gasteiger partial charge is 0.490 e. The zero-order valence-electron chi connectivity index (χ0n) is 14.3. The number of nitrogens with zero attached hydrogens (tertiary/aromatic N) is 2. The second-order valence-electron chi connectivity index (χ2n) is 6.71. The Bertz CT molecular complexity index is 594. The van der Waals surface area contributed by atoms with Gasteiger partial charge in [0.25, 0.3) is 0 Å². The molecule has 1 atom stereocenters. The Morgan fingerprint density at radius 1 is 1.28 bits per heavy atom. The molecule has 0 spiro atoms. The molecule has 2 aliphatic heterocycles. The van der Waals surface area contributed by atoms with Crippen molar-refractivity contribution in [1.29, 1.82) is 0 Å². The van der Waals surface area contributed by atoms with Crippen LogP contribution >= 0.6 is 0 Å². The number of carbonyl (C=O) groups is 1. The highest BCUT2D eigenvalue weighted by atomic mass is 19.1. The summed E-state index contributed by atoms with van der Waals surface area (Å²) in [5, 5.41) is 10.7. The van der Waals surface area contributed by atoms with E-state index in [-0.39, 0.29) is 24.7 Å². The number of likely N-dealkylation sites (tertiary alicyclic amines) is 1. The smallest absolute Gasteiger partial charge is 0.226 e. The van der Waals surface area contributed by atoms with Crippen LogP contribution in [0.25, 0.3) is 0 Å². The first-order chi connectivity index (χ1) is 12.1. The first-order valence-electron chi connectivity index (χ1n) is 8.73. The van der Waals surface area contributed by atoms with E-state index in [0.717, 1.165) is 13.1 Å². The minimum Gasteiger partial charge on any atom is -0.490 e. The fraction of sp³-hybridized carbons (Fsp3) is 0.611. The van der Waals surface area contributed by atoms with Crippen molar-refractivity contribution in [2.24, 2.45) is 0 Å². The summed E-state index contributed by atoms with van der Waals surface area (Å²) >= 11 is 0. The zero-order valence-corrected chi connectivity index (χ0v) is 14.3. The van der Waals surface area contributed by atoms with E-state index in [4.69, 9.17) is 9.47 Å². The third-order valence-corrected chi connectivity index (χ3v) is 4.72. The molecule has 6 nitrogen and oxygen atoms in total. The van der Waals surface area contributed by atoms with Gasteiger partial charge in [-0.3, -0.25) is 9.69 Å². The van der Waals surface area contributed by atoms with Gasteiger partial charge in [0.05, 0.1) is 38.4 Å². The molecule has 1 amide bonds. The van der Waals surface area contributed by atoms with E-state index < -0.39 is 11.4 Å². The standard InChI is InChI=1S/C18H25FN2O4/c19-15-3-1-2-4-16(15)25-10-5-17(22)21-7-6-18(23,14-21)13-20-8-11-24-12-9-20/h1-4,23H,5-14H2/t18-/m1/s1. The third-order valence-electron chi connectivity index (χ3n) is 4.72. The van der Waals surface area contributed by atoms with E-state index in [0.29, 0.717) is 39.3 Å². The van der Waals surface area contributed by atoms with Crippen LogP contribution < -0.4 is 4.74 Å². The summed E-state index contributed by atoms with van der Waals surface area (Å²) in [6.07, 6.45) is 0.742. The second-order valence-corrected chi connectivity index (χ2v) is 6.71. The summed E-state index contributed by atoms with van der Waals surface area (Å²) in [5.41, 5.74) is -0.862. The predicted octanol–water partition coefficient (Wildman–Crippen LogP) is 0.890. The predicted molar refractivity (Wildman–Crippen MR) is 89.9 cm³/mol. The monoisotopic (exact) mass is 352 g/mol. The van der Waals surface area contributed by atoms with Gasteiger partial charge in [0.2, 0.25) is 5.91 Å². The average Bonchev–Trinajstić information content (AvgIpc) is 2.99. The zero-order chi connectivity index (χ0) is 17.7. The number of hydrogen-bond donors (Lipinski definition) is 1. The van der Waals surface area contributed by atoms with Gasteiger partial charge >= 0.3 is 0 Å². The van der Waals surface area contributed by atoms with Crippen molar-refractivity contribution in [3.63, 3.8) is 0 Å². The highest BCUT2D eigenvalue weighted by molar-refractivity contribution is 5.76. The second kappa shape index (κ2) is 8.12. The maximum Gasteiger partial charge on any atom is 0.226 e. The topological polar surface area (TPSA) is 62.2 Å². The van der Waals surface area contributed by atoms with Crippen LogP contribution in [0, 0.1) is 5.82 Å². The Labute approximate surface area is 147 Å². The van der Waals surface area contributed by atoms with Crippen LogP contribution in [0.3, 0.4) is 0 Å². The molecule has 3 rings (SSSR count). The molecule has 0 radical (unpaired) electrons. The molecule has 2 saturated heterocycles. The molecule has 0 unspecified atom stereocenters. The summed E-state index contributed by atoms with van der Waals surface area (Å²) in [4.78, 5) is 16.2. The molecule has 138 valence electrons. The van der Waals surface area contributed by atoms with Gasteiger partial charge in [-0.1, -0.05) is 12.1 Å². The Morgan fingerprint density at radius 3 is 2.80 bits per heavy atom. The molecule has 1 aromatic carbocycles. The van der Waals surface area contributed by atoms with E-state index in [2.05, 4.69) is 4.90 Å². The number of β-amino-alcohol motifs (C(OH)–C–C–N with tert-alkyl or cyclic N) is 1. The van der Waals surface area contributed by atoms with Gasteiger partial charge < -0.3 is 19.5 Å². The molecule has 25 heavy (non-hydrogen) atoms. The quantitative estimate of drug-likeness (QED) is 0.824. The number of rotatable bonds is 6. The number of aliphatic hydroxyl groups is 1. The SMILES string of the molecule is O=C(CCOc1ccccc1F)N1CC[C@@](O)(CN2CCOCC2)C1. The van der Waals surface area contributed by atoms with Crippen LogP contribution in [0.5, 0.6) is 5.75 Å². The van der Waals surface area contributed by atoms with Gasteiger partial charge in [0.15, 0.2) is 11.6 Å². The lowest BCUT2D eigenvalue weighted by Gasteiger charge is -2.33. The van der Waals surface area contributed by atoms with E-state index in [9.17, 15) is 14.3 Å². The lowest BCUT2D eigenvalue weighted by atomic mass is 10.0. The molecule has 2 heterocycles. The molecule has 0 saturated carbocycles. The van der Waals surface area contributed by atoms with E-state index in [1.165, 1.54) is 12.1 Å². The Morgan fingerprint density at radius 2 is 2.04 bits per heavy atom. The van der Waals surface area contributed by atoms with E-state index in [1.54, 1.807) is 17.0 Å². The first-order valence-corrected chi connectivity index (χ1v) is 8.73. The van der Waals surface area contributed by atoms with E-state index >= 15 is 0 Å². The Hall–Kier alpha value is -1.70. The van der Waals surface area contributed by atoms with Crippen molar-refractivity contribution in [3.8, 4) is 5.75 Å². The molecule has 0 aromatic heterocycles. The summed E-state index contributed by atoms with van der Waals surface area (Å²) in [5.74, 6) is -0.356. The summed E-state index contributed by atoms with van der Waals surface area (Å²) in [6, 6.07) is 6.14. The normalized spacial score (nSPS) is 24.5. The van der Waals surface area contributed by atoms with Gasteiger partial charge in [-0.15, -0.1) is 0 Å². The average molecular weight is 352 g/mol. The number of amides is 1. The molecule has 2 aliphatic rings. The van der Waals surface area contributed by atoms with Gasteiger partial charge in [0, 0.05) is 26.2 Å². The first kappa shape index (κ1) is 18.1. The lowest BCUT2D eigenvalue weighted by molar-refractivity contribution is -0.132. The van der Waals surface area contributed by atoms with E-state index in [1.807, 2.05) is 0 Å². The van der Waals surface area contributed by atoms with Crippen molar-refractivity contribution in [2.45, 2.75) is 18.4 Å². The highest BCUT2D eigenvalue weighted by Gasteiger charge is 2.39. The molecular weight excluding hydrogens is 327 g/mol. The molecule has 2 fully saturated rings. The number of para-hydroxylation sites is 1. The number of ether oxygens (including phenoxy) is 2. The fourth-order valence-electron chi connectivity index (χ4n) is 3.34. The maximum atomic E-state index is 13.5. The van der Waals surface area contributed by atoms with Crippen LogP contribution in [-0.4, -0.2) is 79.0 Å². The third kappa shape index (κ3) is 4.90. The van der Waals surface area contributed by atoms with Crippen LogP contribution in [0.1, 0.15) is 12.8 Å². The number of carbonyl (C=O) groups excluding carboxylic acids is 1. The van der Waals surface area contributed by atoms with Crippen molar-refractivity contribution < 1.29 is 23.8 Å². The fourth-order valence-corrected chi connectivity index (χ4v) is 3.34. The molecule has 1 N–H and O–H groups in total. The molecule has 7 heteroatoms. The van der Waals surface area contributed by atoms with Crippen LogP contribution in [0.4, 0.5) is 4.39 Å². The lowest BCUT2D eigenvalue weighted by Crippen LogP contribution is -2.49. The van der Waals surface area contributed by atoms with Crippen LogP contribution in [0.2, 0.25) is 0 Å². The molecule has 0 bridgehead atoms. The molecule has 0 aliphatic carbocycles. The van der Waals surface area contributed by atoms with Gasteiger partial charge in [-0.25, -0.2) is 4.39 Å². The van der Waals surface area contributed by atoms with Crippen LogP contribution in [-0.2, 0) is 9.53 Å². The number of morpholine rings is 1. The van der Waals surface area contributed by atoms with Crippen molar-refractivity contribution in [1.82, 2.24) is 9.80 Å². The minimum absolute atomic E-state index is 0.0748. The minimum atomic E-state index is -0.862. The summed E-state index contributed by atoms with van der Waals surface area (Å²) in [7, 11) is 0. The van der Waals surface area contributed by atoms with Gasteiger partial charge in [-0.05, 0) is 18.6 Å². The Kier molecular flexibility index (Phi) is 5.88. The summed E-state index contributed by atoms with van der Waals surface area (Å²) in [6.45, 7) is 4.56. The molecule has 1 aromatic rings. The van der Waals surface area contributed by atoms with Gasteiger partial charge in [-0.2, -0.15) is 0 Å². The number of hydrogen-bond acceptors (Lipinski definition) is 5. The van der Waals surface area contributed by atoms with Crippen molar-refractivity contribution >= 4 is 5.91 Å². The number of halogens is 1. The van der Waals surface area contributed by atoms with Gasteiger partial charge in [0.1, 0.15) is 0 Å². The van der Waals surface area contributed by atoms with Crippen molar-refractivity contribution in [3.05, 3.63) is 30.1 Å². The summed E-state index contributed by atoms with van der Waals surface area (Å²) < 4.78 is 24.1. The number of benzene rings is 1. The van der Waals surface area contributed by atoms with Crippen LogP contribution in [0.15, 0.2) is 24.3 Å². The Balaban J connectivity index is 1.43. The highest BCUT2D eigenvalue weighted by Crippen LogP contribution is 2.24. The molecular formula is C18H25FN2O4. The maximum absolute atomic E-state index is 13.5. The van der Waals surface area contributed by atoms with Crippen molar-refractivity contribution in [2.75, 3.05) is 52.5 Å².